The van der Waals surface area contributed by atoms with Crippen molar-refractivity contribution in [3.8, 4) is 6.07 Å². The lowest BCUT2D eigenvalue weighted by molar-refractivity contribution is -0.125. The van der Waals surface area contributed by atoms with E-state index < -0.39 is 0 Å². The smallest absolute Gasteiger partial charge is 0.311 e. The quantitative estimate of drug-likeness (QED) is 0.815. The first-order valence-electron chi connectivity index (χ1n) is 7.29. The van der Waals surface area contributed by atoms with Gasteiger partial charge < -0.3 is 4.90 Å². The highest BCUT2D eigenvalue weighted by Crippen LogP contribution is 2.18. The molecule has 5 heteroatoms. The molecule has 1 saturated heterocycles. The van der Waals surface area contributed by atoms with Crippen molar-refractivity contribution in [3.05, 3.63) is 71.3 Å². The highest BCUT2D eigenvalue weighted by molar-refractivity contribution is 6.01. The fourth-order valence-corrected chi connectivity index (χ4v) is 2.60. The second kappa shape index (κ2) is 6.32. The number of carbonyl (C=O) groups excluding carboxylic acids is 2. The Morgan fingerprint density at radius 1 is 0.957 bits per heavy atom. The Labute approximate surface area is 134 Å². The molecule has 2 aromatic rings. The van der Waals surface area contributed by atoms with Crippen LogP contribution in [0.1, 0.15) is 16.7 Å². The molecule has 0 aromatic heterocycles. The molecule has 0 bridgehead atoms. The number of amides is 3. The molecule has 114 valence electrons. The number of rotatable bonds is 4. The van der Waals surface area contributed by atoms with Gasteiger partial charge in [0.05, 0.1) is 18.2 Å². The Kier molecular flexibility index (Phi) is 4.07. The molecule has 0 N–H and O–H groups in total. The van der Waals surface area contributed by atoms with Crippen LogP contribution in [0.4, 0.5) is 4.79 Å². The summed E-state index contributed by atoms with van der Waals surface area (Å²) in [6.45, 7) is 0.699. The lowest BCUT2D eigenvalue weighted by atomic mass is 10.1. The van der Waals surface area contributed by atoms with Crippen molar-refractivity contribution in [2.75, 3.05) is 6.54 Å². The molecule has 2 aromatic carbocycles. The zero-order valence-electron chi connectivity index (χ0n) is 12.5. The third-order valence-corrected chi connectivity index (χ3v) is 3.74. The van der Waals surface area contributed by atoms with E-state index in [2.05, 4.69) is 6.07 Å². The predicted molar refractivity (Wildman–Crippen MR) is 84.0 cm³/mol. The first-order valence-corrected chi connectivity index (χ1v) is 7.29. The summed E-state index contributed by atoms with van der Waals surface area (Å²) in [5.74, 6) is -0.215. The van der Waals surface area contributed by atoms with Gasteiger partial charge in [-0.2, -0.15) is 5.26 Å². The number of nitrogens with zero attached hydrogens (tertiary/aromatic N) is 3. The molecule has 1 aliphatic rings. The van der Waals surface area contributed by atoms with E-state index in [0.29, 0.717) is 12.1 Å². The van der Waals surface area contributed by atoms with Gasteiger partial charge in [-0.3, -0.25) is 9.69 Å². The number of imide groups is 1. The van der Waals surface area contributed by atoms with E-state index in [0.717, 1.165) is 11.1 Å². The highest BCUT2D eigenvalue weighted by Gasteiger charge is 2.35. The summed E-state index contributed by atoms with van der Waals surface area (Å²) < 4.78 is 0. The largest absolute Gasteiger partial charge is 0.327 e. The summed E-state index contributed by atoms with van der Waals surface area (Å²) in [6, 6.07) is 18.3. The first-order chi connectivity index (χ1) is 11.2. The molecule has 3 amide bonds. The van der Waals surface area contributed by atoms with Crippen LogP contribution in [0.15, 0.2) is 54.6 Å². The van der Waals surface area contributed by atoms with Crippen molar-refractivity contribution in [2.45, 2.75) is 13.1 Å². The summed E-state index contributed by atoms with van der Waals surface area (Å²) >= 11 is 0. The molecule has 0 unspecified atom stereocenters. The van der Waals surface area contributed by atoms with Gasteiger partial charge in [-0.25, -0.2) is 4.79 Å². The van der Waals surface area contributed by atoms with Crippen LogP contribution in [0.2, 0.25) is 0 Å². The van der Waals surface area contributed by atoms with Gasteiger partial charge in [0, 0.05) is 6.54 Å². The van der Waals surface area contributed by atoms with Crippen LogP contribution in [0.5, 0.6) is 0 Å². The Hall–Kier alpha value is -3.13. The molecule has 23 heavy (non-hydrogen) atoms. The van der Waals surface area contributed by atoms with E-state index in [4.69, 9.17) is 5.26 Å². The van der Waals surface area contributed by atoms with Crippen LogP contribution in [-0.4, -0.2) is 28.3 Å². The highest BCUT2D eigenvalue weighted by atomic mass is 16.2. The van der Waals surface area contributed by atoms with Crippen LogP contribution < -0.4 is 0 Å². The van der Waals surface area contributed by atoms with Crippen molar-refractivity contribution in [1.82, 2.24) is 9.80 Å². The molecule has 3 rings (SSSR count). The number of hydrogen-bond acceptors (Lipinski definition) is 3. The van der Waals surface area contributed by atoms with E-state index in [1.807, 2.05) is 30.3 Å². The molecule has 0 saturated carbocycles. The minimum absolute atomic E-state index is 0.0890. The Bertz CT molecular complexity index is 780. The topological polar surface area (TPSA) is 64.4 Å². The third-order valence-electron chi connectivity index (χ3n) is 3.74. The number of nitriles is 1. The molecule has 0 atom stereocenters. The number of urea groups is 1. The lowest BCUT2D eigenvalue weighted by Crippen LogP contribution is -2.32. The van der Waals surface area contributed by atoms with Crippen molar-refractivity contribution < 1.29 is 9.59 Å². The fourth-order valence-electron chi connectivity index (χ4n) is 2.60. The maximum Gasteiger partial charge on any atom is 0.327 e. The average molecular weight is 305 g/mol. The zero-order valence-corrected chi connectivity index (χ0v) is 12.5. The second-order valence-corrected chi connectivity index (χ2v) is 5.42. The predicted octanol–water partition coefficient (Wildman–Crippen LogP) is 2.52. The van der Waals surface area contributed by atoms with Gasteiger partial charge in [-0.1, -0.05) is 42.5 Å². The zero-order chi connectivity index (χ0) is 16.2. The summed E-state index contributed by atoms with van der Waals surface area (Å²) in [5, 5.41) is 8.93. The molecule has 1 fully saturated rings. The fraction of sp³-hybridized carbons (Fsp3) is 0.167. The molecular weight excluding hydrogens is 290 g/mol. The SMILES string of the molecule is N#Cc1cccc(CN2C(=O)CN(Cc3ccccc3)C2=O)c1. The van der Waals surface area contributed by atoms with Gasteiger partial charge >= 0.3 is 6.03 Å². The Morgan fingerprint density at radius 2 is 1.70 bits per heavy atom. The van der Waals surface area contributed by atoms with Crippen molar-refractivity contribution >= 4 is 11.9 Å². The van der Waals surface area contributed by atoms with Crippen LogP contribution in [0.3, 0.4) is 0 Å². The second-order valence-electron chi connectivity index (χ2n) is 5.42. The van der Waals surface area contributed by atoms with E-state index in [1.165, 1.54) is 9.80 Å². The van der Waals surface area contributed by atoms with E-state index in [1.54, 1.807) is 24.3 Å². The molecule has 0 spiro atoms. The third kappa shape index (κ3) is 3.22. The van der Waals surface area contributed by atoms with Gasteiger partial charge in [0.1, 0.15) is 6.54 Å². The molecular formula is C18H15N3O2. The molecule has 0 radical (unpaired) electrons. The minimum atomic E-state index is -0.291. The Balaban J connectivity index is 1.72. The van der Waals surface area contributed by atoms with Crippen LogP contribution in [0.25, 0.3) is 0 Å². The standard InChI is InChI=1S/C18H15N3O2/c19-10-15-7-4-8-16(9-15)12-21-17(22)13-20(18(21)23)11-14-5-2-1-3-6-14/h1-9H,11-13H2. The molecule has 0 aliphatic carbocycles. The number of hydrogen-bond donors (Lipinski definition) is 0. The van der Waals surface area contributed by atoms with E-state index >= 15 is 0 Å². The van der Waals surface area contributed by atoms with Gasteiger partial charge in [0.2, 0.25) is 0 Å². The van der Waals surface area contributed by atoms with Gasteiger partial charge in [0.15, 0.2) is 0 Å². The van der Waals surface area contributed by atoms with Crippen molar-refractivity contribution in [3.63, 3.8) is 0 Å². The van der Waals surface area contributed by atoms with Gasteiger partial charge in [-0.15, -0.1) is 0 Å². The van der Waals surface area contributed by atoms with Crippen molar-refractivity contribution in [2.24, 2.45) is 0 Å². The molecule has 5 nitrogen and oxygen atoms in total. The van der Waals surface area contributed by atoms with Gasteiger partial charge in [-0.05, 0) is 23.3 Å². The number of carbonyl (C=O) groups is 2. The maximum atomic E-state index is 12.4. The average Bonchev–Trinajstić information content (AvgIpc) is 2.83. The summed E-state index contributed by atoms with van der Waals surface area (Å²) in [6.07, 6.45) is 0. The maximum absolute atomic E-state index is 12.4. The molecule has 1 heterocycles. The van der Waals surface area contributed by atoms with Crippen LogP contribution in [-0.2, 0) is 17.9 Å². The minimum Gasteiger partial charge on any atom is -0.311 e. The van der Waals surface area contributed by atoms with Gasteiger partial charge in [0.25, 0.3) is 5.91 Å². The van der Waals surface area contributed by atoms with Crippen molar-refractivity contribution in [1.29, 1.82) is 5.26 Å². The molecule has 1 aliphatic heterocycles. The summed E-state index contributed by atoms with van der Waals surface area (Å²) in [5.41, 5.74) is 2.28. The number of benzene rings is 2. The monoisotopic (exact) mass is 305 g/mol. The summed E-state index contributed by atoms with van der Waals surface area (Å²) in [7, 11) is 0. The van der Waals surface area contributed by atoms with Crippen LogP contribution in [0, 0.1) is 11.3 Å². The first kappa shape index (κ1) is 14.8. The van der Waals surface area contributed by atoms with E-state index in [9.17, 15) is 9.59 Å². The van der Waals surface area contributed by atoms with Crippen LogP contribution >= 0.6 is 0 Å². The normalized spacial score (nSPS) is 14.2. The Morgan fingerprint density at radius 3 is 2.43 bits per heavy atom. The van der Waals surface area contributed by atoms with E-state index in [-0.39, 0.29) is 25.0 Å². The lowest BCUT2D eigenvalue weighted by Gasteiger charge is -2.17. The summed E-state index contributed by atoms with van der Waals surface area (Å²) in [4.78, 5) is 27.4.